The number of fused-ring (bicyclic) bond motifs is 5. The third kappa shape index (κ3) is 15.1. The van der Waals surface area contributed by atoms with Gasteiger partial charge in [0.1, 0.15) is 24.5 Å². The molecule has 3 saturated heterocycles. The van der Waals surface area contributed by atoms with Crippen molar-refractivity contribution in [1.29, 1.82) is 0 Å². The zero-order valence-corrected chi connectivity index (χ0v) is 57.2. The molecule has 0 aromatic heterocycles. The maximum Gasteiger partial charge on any atom is 0.334 e. The van der Waals surface area contributed by atoms with Crippen LogP contribution in [-0.4, -0.2) is 154 Å². The summed E-state index contributed by atoms with van der Waals surface area (Å²) >= 11 is 0. The van der Waals surface area contributed by atoms with E-state index >= 15 is 9.59 Å². The number of aliphatic hydroxyl groups is 2. The first kappa shape index (κ1) is 69.4. The molecule has 1 amide bonds. The van der Waals surface area contributed by atoms with E-state index in [2.05, 4.69) is 136 Å². The number of piperidine rings is 1. The number of hydrogen-bond donors (Lipinski definition) is 2. The molecule has 5 aliphatic rings. The van der Waals surface area contributed by atoms with Crippen molar-refractivity contribution in [2.24, 2.45) is 29.6 Å². The van der Waals surface area contributed by atoms with Crippen molar-refractivity contribution in [1.82, 2.24) is 4.90 Å². The van der Waals surface area contributed by atoms with Gasteiger partial charge in [0, 0.05) is 46.2 Å². The van der Waals surface area contributed by atoms with Gasteiger partial charge in [-0.25, -0.2) is 4.79 Å². The minimum atomic E-state index is -3.21. The third-order valence-electron chi connectivity index (χ3n) is 20.0. The zero-order valence-electron chi connectivity index (χ0n) is 54.2. The number of rotatable bonds is 13. The second kappa shape index (κ2) is 28.4. The fraction of sp³-hybridized carbons (Fsp3) is 0.903. The molecule has 4 fully saturated rings. The lowest BCUT2D eigenvalue weighted by Gasteiger charge is -2.54. The Morgan fingerprint density at radius 3 is 1.89 bits per heavy atom. The zero-order chi connectivity index (χ0) is 60.2. The van der Waals surface area contributed by atoms with Gasteiger partial charge in [0.25, 0.3) is 5.91 Å². The average Bonchev–Trinajstić information content (AvgIpc) is 3.38. The topological polar surface area (TPSA) is 170 Å². The summed E-state index contributed by atoms with van der Waals surface area (Å²) in [7, 11) is -1.89. The molecule has 18 heteroatoms. The van der Waals surface area contributed by atoms with E-state index in [-0.39, 0.29) is 76.1 Å². The highest BCUT2D eigenvalue weighted by atomic mass is 28.5. The number of carbonyl (C=O) groups excluding carboxylic acids is 2. The SMILES string of the molecule is CC[C@@H]1/C=C(\C)C[C@H](C)CC(OC)[C@H]2O[C@@](O)(C(O)C(=O)N3[C@@H](OC)CCC[C@H]3C(=O)O[C@H](/C(C)=C/[C@@H]3CC[C@@H](O[Si](C)(C)C(C)(C)C)[C@H](OC)C3)[C@H](C)[C@@H]3C[C@@H]1O[Si](C(C)C)(C(C)C)O[Si](C(C)C)(C(C)C)O3)[C@H](C)C[C@@H]2OC. The molecular formula is C62H115NO14Si3. The Balaban J connectivity index is 1.76. The number of ether oxygens (including phenoxy) is 6. The van der Waals surface area contributed by atoms with Gasteiger partial charge in [0.15, 0.2) is 14.4 Å². The number of amides is 1. The predicted molar refractivity (Wildman–Crippen MR) is 323 cm³/mol. The molecule has 0 aromatic carbocycles. The van der Waals surface area contributed by atoms with Gasteiger partial charge in [-0.15, -0.1) is 0 Å². The fourth-order valence-corrected chi connectivity index (χ4v) is 26.8. The highest BCUT2D eigenvalue weighted by molar-refractivity contribution is 6.84. The fourth-order valence-electron chi connectivity index (χ4n) is 14.0. The molecule has 5 rings (SSSR count). The number of allylic oxidation sites excluding steroid dienone is 2. The number of methoxy groups -OCH3 is 4. The second-order valence-electron chi connectivity index (χ2n) is 28.0. The summed E-state index contributed by atoms with van der Waals surface area (Å²) in [4.78, 5) is 32.2. The van der Waals surface area contributed by atoms with Gasteiger partial charge >= 0.3 is 23.1 Å². The molecule has 0 radical (unpaired) electrons. The van der Waals surface area contributed by atoms with E-state index in [1.54, 1.807) is 28.3 Å². The highest BCUT2D eigenvalue weighted by Crippen LogP contribution is 2.50. The summed E-state index contributed by atoms with van der Waals surface area (Å²) in [6, 6.07) is -1.16. The van der Waals surface area contributed by atoms with Crippen LogP contribution >= 0.6 is 0 Å². The molecule has 15 nitrogen and oxygen atoms in total. The summed E-state index contributed by atoms with van der Waals surface area (Å²) in [5, 5.41) is 25.1. The van der Waals surface area contributed by atoms with Gasteiger partial charge in [0.2, 0.25) is 5.79 Å². The van der Waals surface area contributed by atoms with E-state index in [1.165, 1.54) is 17.6 Å². The van der Waals surface area contributed by atoms with Crippen molar-refractivity contribution in [3.05, 3.63) is 23.3 Å². The largest absolute Gasteiger partial charge is 0.456 e. The van der Waals surface area contributed by atoms with E-state index in [1.807, 2.05) is 0 Å². The summed E-state index contributed by atoms with van der Waals surface area (Å²) in [5.41, 5.74) is 2.44. The van der Waals surface area contributed by atoms with Crippen LogP contribution in [0.3, 0.4) is 0 Å². The summed E-state index contributed by atoms with van der Waals surface area (Å²) in [5.74, 6) is -4.87. The van der Waals surface area contributed by atoms with Crippen LogP contribution in [-0.2, 0) is 55.4 Å². The monoisotopic (exact) mass is 1180 g/mol. The third-order valence-corrected chi connectivity index (χ3v) is 34.8. The van der Waals surface area contributed by atoms with Crippen molar-refractivity contribution in [3.63, 3.8) is 0 Å². The van der Waals surface area contributed by atoms with Gasteiger partial charge in [-0.1, -0.05) is 122 Å². The van der Waals surface area contributed by atoms with Crippen molar-refractivity contribution in [2.45, 2.75) is 302 Å². The molecular weight excluding hydrogens is 1070 g/mol. The van der Waals surface area contributed by atoms with E-state index in [4.69, 9.17) is 45.8 Å². The standard InChI is InChI=1S/C62H115NO14Si3/c1-24-47-31-41(10)30-42(11)32-53(69-19)57-54(70-20)34-44(13)62(67,73-57)58(64)59(65)63-48(26-25-27-55(63)71-21)60(66)72-56(43(12)33-46-28-29-49(52(35-46)68-18)74-78(22,23)61(15,16)17)45(14)50-36-51(47)76-80(39(6)7,40(8)9)77-79(75-50,37(2)3)38(4)5/h31,33,37-40,42,44-58,64,67H,24-30,32,34-36H2,1-23H3/b41-31+,43-33+/t42-,44+,45+,46-,47+,48-,49+,50-,51-,52+,53?,54-,55-,56+,57+,58?,62+/m0/s1. The molecule has 2 N–H and O–H groups in total. The molecule has 17 atom stereocenters. The van der Waals surface area contributed by atoms with Gasteiger partial charge in [-0.05, 0) is 142 Å². The van der Waals surface area contributed by atoms with E-state index < -0.39 is 104 Å². The Morgan fingerprint density at radius 2 is 1.36 bits per heavy atom. The summed E-state index contributed by atoms with van der Waals surface area (Å²) in [6.07, 6.45) is 4.59. The molecule has 4 heterocycles. The van der Waals surface area contributed by atoms with Crippen molar-refractivity contribution >= 4 is 37.3 Å². The molecule has 1 aliphatic carbocycles. The van der Waals surface area contributed by atoms with Gasteiger partial charge in [0.05, 0.1) is 36.6 Å². The summed E-state index contributed by atoms with van der Waals surface area (Å²) < 4.78 is 69.1. The molecule has 1 saturated carbocycles. The second-order valence-corrected chi connectivity index (χ2v) is 41.6. The Bertz CT molecular complexity index is 2050. The molecule has 0 aromatic rings. The van der Waals surface area contributed by atoms with Crippen LogP contribution in [0.1, 0.15) is 188 Å². The average molecular weight is 1180 g/mol. The lowest BCUT2D eigenvalue weighted by Crippen LogP contribution is -2.67. The first-order valence-corrected chi connectivity index (χ1v) is 37.9. The number of aliphatic hydroxyl groups excluding tert-OH is 1. The Kier molecular flexibility index (Phi) is 24.7. The number of carbonyl (C=O) groups is 2. The predicted octanol–water partition coefficient (Wildman–Crippen LogP) is 12.7. The van der Waals surface area contributed by atoms with Crippen LogP contribution in [0.4, 0.5) is 0 Å². The van der Waals surface area contributed by atoms with E-state index in [9.17, 15) is 10.2 Å². The minimum absolute atomic E-state index is 0.00858. The quantitative estimate of drug-likeness (QED) is 0.101. The molecule has 2 unspecified atom stereocenters. The number of hydrogen-bond acceptors (Lipinski definition) is 14. The lowest BCUT2D eigenvalue weighted by molar-refractivity contribution is -0.347. The highest BCUT2D eigenvalue weighted by Gasteiger charge is 2.61. The first-order valence-electron chi connectivity index (χ1n) is 31.0. The number of cyclic esters (lactones) is 1. The minimum Gasteiger partial charge on any atom is -0.456 e. The van der Waals surface area contributed by atoms with Gasteiger partial charge in [-0.3, -0.25) is 4.79 Å². The van der Waals surface area contributed by atoms with Crippen molar-refractivity contribution in [2.75, 3.05) is 28.4 Å². The van der Waals surface area contributed by atoms with Crippen LogP contribution in [0.25, 0.3) is 0 Å². The molecule has 464 valence electrons. The lowest BCUT2D eigenvalue weighted by atomic mass is 9.81. The normalized spacial score (nSPS) is 38.5. The van der Waals surface area contributed by atoms with Crippen LogP contribution in [0, 0.1) is 29.6 Å². The van der Waals surface area contributed by atoms with Crippen molar-refractivity contribution < 1.29 is 65.6 Å². The Hall–Kier alpha value is -1.37. The Labute approximate surface area is 488 Å². The molecule has 4 bridgehead atoms. The first-order chi connectivity index (χ1) is 37.2. The molecule has 4 aliphatic heterocycles. The summed E-state index contributed by atoms with van der Waals surface area (Å²) in [6.45, 7) is 42.0. The van der Waals surface area contributed by atoms with Crippen molar-refractivity contribution in [3.8, 4) is 0 Å². The van der Waals surface area contributed by atoms with Gasteiger partial charge < -0.3 is 60.9 Å². The smallest absolute Gasteiger partial charge is 0.334 e. The van der Waals surface area contributed by atoms with Crippen LogP contribution in [0.15, 0.2) is 23.3 Å². The van der Waals surface area contributed by atoms with E-state index in [0.717, 1.165) is 37.7 Å². The number of esters is 1. The van der Waals surface area contributed by atoms with Crippen LogP contribution < -0.4 is 0 Å². The molecule has 0 spiro atoms. The van der Waals surface area contributed by atoms with Crippen LogP contribution in [0.2, 0.25) is 40.3 Å². The van der Waals surface area contributed by atoms with Crippen LogP contribution in [0.5, 0.6) is 0 Å². The van der Waals surface area contributed by atoms with Gasteiger partial charge in [-0.2, -0.15) is 0 Å². The maximum absolute atomic E-state index is 15.6. The Morgan fingerprint density at radius 1 is 0.800 bits per heavy atom. The maximum atomic E-state index is 15.6. The van der Waals surface area contributed by atoms with E-state index in [0.29, 0.717) is 25.7 Å². The number of nitrogens with zero attached hydrogens (tertiary/aromatic N) is 1. The molecule has 80 heavy (non-hydrogen) atoms.